The van der Waals surface area contributed by atoms with Crippen LogP contribution in [0.25, 0.3) is 0 Å². The average Bonchev–Trinajstić information content (AvgIpc) is 2.08. The minimum atomic E-state index is 0.204. The van der Waals surface area contributed by atoms with Crippen molar-refractivity contribution in [1.82, 2.24) is 5.32 Å². The number of rotatable bonds is 7. The second-order valence-electron chi connectivity index (χ2n) is 4.73. The number of hydrogen-bond donors (Lipinski definition) is 2. The van der Waals surface area contributed by atoms with Gasteiger partial charge < -0.3 is 15.2 Å². The summed E-state index contributed by atoms with van der Waals surface area (Å²) in [4.78, 5) is 0. The zero-order valence-electron chi connectivity index (χ0n) is 9.97. The van der Waals surface area contributed by atoms with Crippen LogP contribution in [0.5, 0.6) is 0 Å². The minimum Gasteiger partial charge on any atom is -0.396 e. The van der Waals surface area contributed by atoms with Gasteiger partial charge in [0, 0.05) is 26.4 Å². The van der Waals surface area contributed by atoms with Crippen LogP contribution in [0.15, 0.2) is 0 Å². The monoisotopic (exact) mass is 203 g/mol. The van der Waals surface area contributed by atoms with Gasteiger partial charge in [-0.1, -0.05) is 20.8 Å². The van der Waals surface area contributed by atoms with E-state index in [1.54, 1.807) is 7.11 Å². The van der Waals surface area contributed by atoms with Crippen molar-refractivity contribution in [2.75, 3.05) is 26.9 Å². The van der Waals surface area contributed by atoms with Gasteiger partial charge in [0.1, 0.15) is 0 Å². The van der Waals surface area contributed by atoms with E-state index >= 15 is 0 Å². The van der Waals surface area contributed by atoms with Crippen LogP contribution in [0, 0.1) is 5.41 Å². The summed E-state index contributed by atoms with van der Waals surface area (Å²) in [5.74, 6) is 0. The molecule has 0 amide bonds. The Morgan fingerprint density at radius 2 is 2.00 bits per heavy atom. The SMILES string of the molecule is COCCCNC(CCO)C(C)(C)C. The molecule has 0 spiro atoms. The second-order valence-corrected chi connectivity index (χ2v) is 4.73. The first-order valence-corrected chi connectivity index (χ1v) is 5.35. The number of aliphatic hydroxyl groups excluding tert-OH is 1. The average molecular weight is 203 g/mol. The van der Waals surface area contributed by atoms with Crippen molar-refractivity contribution in [2.24, 2.45) is 5.41 Å². The smallest absolute Gasteiger partial charge is 0.0474 e. The molecule has 0 radical (unpaired) electrons. The van der Waals surface area contributed by atoms with E-state index < -0.39 is 0 Å². The van der Waals surface area contributed by atoms with E-state index in [1.807, 2.05) is 0 Å². The Hall–Kier alpha value is -0.120. The summed E-state index contributed by atoms with van der Waals surface area (Å²) in [6, 6.07) is 0.379. The maximum Gasteiger partial charge on any atom is 0.0474 e. The Morgan fingerprint density at radius 3 is 2.43 bits per heavy atom. The van der Waals surface area contributed by atoms with Crippen molar-refractivity contribution in [3.63, 3.8) is 0 Å². The number of ether oxygens (including phenoxy) is 1. The van der Waals surface area contributed by atoms with E-state index in [9.17, 15) is 0 Å². The molecule has 0 aliphatic heterocycles. The Labute approximate surface area is 87.8 Å². The molecule has 0 fully saturated rings. The van der Waals surface area contributed by atoms with Crippen LogP contribution in [0.1, 0.15) is 33.6 Å². The molecule has 0 aromatic heterocycles. The van der Waals surface area contributed by atoms with Gasteiger partial charge in [-0.05, 0) is 24.8 Å². The Morgan fingerprint density at radius 1 is 1.36 bits per heavy atom. The summed E-state index contributed by atoms with van der Waals surface area (Å²) in [6.07, 6.45) is 1.84. The second kappa shape index (κ2) is 7.21. The van der Waals surface area contributed by atoms with Crippen molar-refractivity contribution < 1.29 is 9.84 Å². The molecule has 0 rings (SSSR count). The quantitative estimate of drug-likeness (QED) is 0.615. The Balaban J connectivity index is 3.74. The zero-order valence-corrected chi connectivity index (χ0v) is 9.97. The molecule has 0 bridgehead atoms. The van der Waals surface area contributed by atoms with Gasteiger partial charge in [-0.15, -0.1) is 0 Å². The molecule has 0 aliphatic rings. The van der Waals surface area contributed by atoms with Gasteiger partial charge in [-0.3, -0.25) is 0 Å². The molecule has 2 N–H and O–H groups in total. The van der Waals surface area contributed by atoms with Gasteiger partial charge in [0.2, 0.25) is 0 Å². The molecule has 1 atom stereocenters. The third kappa shape index (κ3) is 6.35. The molecule has 0 aromatic carbocycles. The lowest BCUT2D eigenvalue weighted by Crippen LogP contribution is -2.41. The van der Waals surface area contributed by atoms with E-state index in [2.05, 4.69) is 26.1 Å². The zero-order chi connectivity index (χ0) is 11.0. The summed E-state index contributed by atoms with van der Waals surface area (Å²) in [7, 11) is 1.72. The highest BCUT2D eigenvalue weighted by molar-refractivity contribution is 4.79. The molecule has 3 nitrogen and oxygen atoms in total. The molecule has 86 valence electrons. The lowest BCUT2D eigenvalue weighted by Gasteiger charge is -2.31. The van der Waals surface area contributed by atoms with Crippen LogP contribution in [0.2, 0.25) is 0 Å². The van der Waals surface area contributed by atoms with E-state index in [4.69, 9.17) is 9.84 Å². The Bertz CT molecular complexity index is 132. The van der Waals surface area contributed by atoms with Gasteiger partial charge in [0.25, 0.3) is 0 Å². The largest absolute Gasteiger partial charge is 0.396 e. The van der Waals surface area contributed by atoms with Crippen molar-refractivity contribution in [1.29, 1.82) is 0 Å². The fourth-order valence-corrected chi connectivity index (χ4v) is 1.46. The maximum atomic E-state index is 8.94. The molecular formula is C11H25NO2. The van der Waals surface area contributed by atoms with Gasteiger partial charge in [0.15, 0.2) is 0 Å². The number of hydrogen-bond acceptors (Lipinski definition) is 3. The van der Waals surface area contributed by atoms with Gasteiger partial charge in [-0.2, -0.15) is 0 Å². The number of methoxy groups -OCH3 is 1. The van der Waals surface area contributed by atoms with Crippen LogP contribution in [0.4, 0.5) is 0 Å². The first kappa shape index (κ1) is 13.9. The molecular weight excluding hydrogens is 178 g/mol. The van der Waals surface area contributed by atoms with Crippen molar-refractivity contribution in [3.05, 3.63) is 0 Å². The van der Waals surface area contributed by atoms with Crippen LogP contribution >= 0.6 is 0 Å². The fourth-order valence-electron chi connectivity index (χ4n) is 1.46. The topological polar surface area (TPSA) is 41.5 Å². The van der Waals surface area contributed by atoms with Crippen LogP contribution < -0.4 is 5.32 Å². The van der Waals surface area contributed by atoms with E-state index in [0.29, 0.717) is 6.04 Å². The summed E-state index contributed by atoms with van der Waals surface area (Å²) in [5, 5.41) is 12.4. The first-order chi connectivity index (χ1) is 6.52. The van der Waals surface area contributed by atoms with Crippen LogP contribution in [-0.4, -0.2) is 38.0 Å². The third-order valence-electron chi connectivity index (χ3n) is 2.38. The summed E-state index contributed by atoms with van der Waals surface area (Å²) in [6.45, 7) is 8.57. The maximum absolute atomic E-state index is 8.94. The standard InChI is InChI=1S/C11H25NO2/c1-11(2,3)10(6-8-13)12-7-5-9-14-4/h10,12-13H,5-9H2,1-4H3. The molecule has 0 aliphatic carbocycles. The summed E-state index contributed by atoms with van der Waals surface area (Å²) in [5.41, 5.74) is 0.204. The van der Waals surface area contributed by atoms with Gasteiger partial charge in [-0.25, -0.2) is 0 Å². The predicted octanol–water partition coefficient (Wildman–Crippen LogP) is 1.41. The summed E-state index contributed by atoms with van der Waals surface area (Å²) >= 11 is 0. The van der Waals surface area contributed by atoms with Crippen molar-refractivity contribution >= 4 is 0 Å². The van der Waals surface area contributed by atoms with Crippen molar-refractivity contribution in [3.8, 4) is 0 Å². The fraction of sp³-hybridized carbons (Fsp3) is 1.00. The third-order valence-corrected chi connectivity index (χ3v) is 2.38. The highest BCUT2D eigenvalue weighted by Crippen LogP contribution is 2.21. The highest BCUT2D eigenvalue weighted by Gasteiger charge is 2.22. The normalized spacial score (nSPS) is 14.4. The molecule has 0 saturated heterocycles. The number of aliphatic hydroxyl groups is 1. The molecule has 3 heteroatoms. The predicted molar refractivity (Wildman–Crippen MR) is 59.4 cm³/mol. The molecule has 14 heavy (non-hydrogen) atoms. The van der Waals surface area contributed by atoms with E-state index in [0.717, 1.165) is 26.0 Å². The lowest BCUT2D eigenvalue weighted by atomic mass is 9.85. The number of nitrogens with one attached hydrogen (secondary N) is 1. The first-order valence-electron chi connectivity index (χ1n) is 5.35. The van der Waals surface area contributed by atoms with Crippen LogP contribution in [0.3, 0.4) is 0 Å². The molecule has 1 unspecified atom stereocenters. The van der Waals surface area contributed by atoms with Crippen molar-refractivity contribution in [2.45, 2.75) is 39.7 Å². The minimum absolute atomic E-state index is 0.204. The highest BCUT2D eigenvalue weighted by atomic mass is 16.5. The molecule has 0 saturated carbocycles. The Kier molecular flexibility index (Phi) is 7.15. The van der Waals surface area contributed by atoms with Crippen LogP contribution in [-0.2, 0) is 4.74 Å². The lowest BCUT2D eigenvalue weighted by molar-refractivity contribution is 0.176. The van der Waals surface area contributed by atoms with E-state index in [-0.39, 0.29) is 12.0 Å². The molecule has 0 heterocycles. The van der Waals surface area contributed by atoms with Gasteiger partial charge >= 0.3 is 0 Å². The summed E-state index contributed by atoms with van der Waals surface area (Å²) < 4.78 is 4.98. The molecule has 0 aromatic rings. The van der Waals surface area contributed by atoms with Gasteiger partial charge in [0.05, 0.1) is 0 Å². The van der Waals surface area contributed by atoms with E-state index in [1.165, 1.54) is 0 Å².